The van der Waals surface area contributed by atoms with E-state index in [0.717, 1.165) is 0 Å². The first-order valence-electron chi connectivity index (χ1n) is 7.11. The number of nitrogens with one attached hydrogen (secondary N) is 2. The predicted octanol–water partition coefficient (Wildman–Crippen LogP) is 1.75. The highest BCUT2D eigenvalue weighted by atomic mass is 19.4. The smallest absolute Gasteiger partial charge is 0.440 e. The third-order valence-electron chi connectivity index (χ3n) is 3.35. The van der Waals surface area contributed by atoms with E-state index in [-0.39, 0.29) is 18.1 Å². The number of halogens is 3. The van der Waals surface area contributed by atoms with Gasteiger partial charge in [-0.3, -0.25) is 19.8 Å². The SMILES string of the molecule is CC(C)CC(=O)N[C@@]1(C(F)(F)F)NC(=O)N(Cc2ccco2)C1=O. The van der Waals surface area contributed by atoms with Gasteiger partial charge in [0.25, 0.3) is 11.6 Å². The van der Waals surface area contributed by atoms with Crippen molar-refractivity contribution in [2.45, 2.75) is 38.7 Å². The number of amides is 4. The van der Waals surface area contributed by atoms with Gasteiger partial charge in [-0.05, 0) is 18.1 Å². The van der Waals surface area contributed by atoms with E-state index in [4.69, 9.17) is 4.42 Å². The van der Waals surface area contributed by atoms with Crippen LogP contribution in [-0.4, -0.2) is 34.6 Å². The summed E-state index contributed by atoms with van der Waals surface area (Å²) in [6.45, 7) is 2.80. The molecule has 24 heavy (non-hydrogen) atoms. The normalized spacial score (nSPS) is 21.3. The Hall–Kier alpha value is -2.52. The summed E-state index contributed by atoms with van der Waals surface area (Å²) in [6.07, 6.45) is -4.17. The summed E-state index contributed by atoms with van der Waals surface area (Å²) in [6, 6.07) is 1.61. The number of carbonyl (C=O) groups excluding carboxylic acids is 3. The van der Waals surface area contributed by atoms with Crippen molar-refractivity contribution >= 4 is 17.8 Å². The number of rotatable bonds is 5. The van der Waals surface area contributed by atoms with Crippen molar-refractivity contribution in [2.24, 2.45) is 5.92 Å². The first-order valence-corrected chi connectivity index (χ1v) is 7.11. The Balaban J connectivity index is 2.29. The molecule has 1 fully saturated rings. The highest BCUT2D eigenvalue weighted by molar-refractivity contribution is 6.08. The number of nitrogens with zero attached hydrogens (tertiary/aromatic N) is 1. The Labute approximate surface area is 135 Å². The molecule has 1 aromatic heterocycles. The van der Waals surface area contributed by atoms with Crippen LogP contribution in [0, 0.1) is 5.92 Å². The molecule has 10 heteroatoms. The number of imide groups is 1. The second-order valence-electron chi connectivity index (χ2n) is 5.79. The largest absolute Gasteiger partial charge is 0.467 e. The molecule has 0 aliphatic carbocycles. The molecule has 2 rings (SSSR count). The fraction of sp³-hybridized carbons (Fsp3) is 0.500. The molecule has 1 aliphatic rings. The molecule has 132 valence electrons. The lowest BCUT2D eigenvalue weighted by molar-refractivity contribution is -0.204. The average molecular weight is 347 g/mol. The molecule has 0 bridgehead atoms. The van der Waals surface area contributed by atoms with Crippen molar-refractivity contribution in [3.05, 3.63) is 24.2 Å². The minimum Gasteiger partial charge on any atom is -0.467 e. The maximum Gasteiger partial charge on any atom is 0.440 e. The summed E-state index contributed by atoms with van der Waals surface area (Å²) in [5.74, 6) is -2.68. The first-order chi connectivity index (χ1) is 11.1. The van der Waals surface area contributed by atoms with Gasteiger partial charge in [0, 0.05) is 6.42 Å². The molecule has 0 saturated carbocycles. The maximum absolute atomic E-state index is 13.5. The number of urea groups is 1. The Kier molecular flexibility index (Phi) is 4.59. The van der Waals surface area contributed by atoms with Crippen LogP contribution in [0.4, 0.5) is 18.0 Å². The molecule has 0 radical (unpaired) electrons. The Bertz CT molecular complexity index is 642. The predicted molar refractivity (Wildman–Crippen MR) is 74.2 cm³/mol. The molecule has 4 amide bonds. The average Bonchev–Trinajstić information content (AvgIpc) is 3.00. The second kappa shape index (κ2) is 6.17. The lowest BCUT2D eigenvalue weighted by atomic mass is 10.1. The van der Waals surface area contributed by atoms with Gasteiger partial charge < -0.3 is 9.73 Å². The van der Waals surface area contributed by atoms with E-state index in [1.807, 2.05) is 0 Å². The Morgan fingerprint density at radius 1 is 1.42 bits per heavy atom. The van der Waals surface area contributed by atoms with Crippen LogP contribution in [0.1, 0.15) is 26.0 Å². The topological polar surface area (TPSA) is 91.7 Å². The summed E-state index contributed by atoms with van der Waals surface area (Å²) < 4.78 is 45.4. The molecule has 0 unspecified atom stereocenters. The zero-order valence-corrected chi connectivity index (χ0v) is 12.9. The van der Waals surface area contributed by atoms with Gasteiger partial charge in [-0.25, -0.2) is 4.79 Å². The van der Waals surface area contributed by atoms with Crippen LogP contribution in [0.2, 0.25) is 0 Å². The lowest BCUT2D eigenvalue weighted by Crippen LogP contribution is -2.69. The molecule has 1 aliphatic heterocycles. The van der Waals surface area contributed by atoms with Crippen LogP contribution in [0.3, 0.4) is 0 Å². The van der Waals surface area contributed by atoms with E-state index in [1.165, 1.54) is 18.4 Å². The number of hydrogen-bond donors (Lipinski definition) is 2. The number of furan rings is 1. The van der Waals surface area contributed by atoms with Crippen molar-refractivity contribution < 1.29 is 32.0 Å². The molecular formula is C14H16F3N3O4. The van der Waals surface area contributed by atoms with E-state index in [9.17, 15) is 27.6 Å². The molecule has 2 N–H and O–H groups in total. The van der Waals surface area contributed by atoms with Gasteiger partial charge in [0.1, 0.15) is 5.76 Å². The fourth-order valence-electron chi connectivity index (χ4n) is 2.26. The van der Waals surface area contributed by atoms with Crippen molar-refractivity contribution in [3.63, 3.8) is 0 Å². The van der Waals surface area contributed by atoms with Gasteiger partial charge in [-0.15, -0.1) is 0 Å². The summed E-state index contributed by atoms with van der Waals surface area (Å²) in [5, 5.41) is 3.20. The van der Waals surface area contributed by atoms with Crippen LogP contribution in [0.15, 0.2) is 22.8 Å². The van der Waals surface area contributed by atoms with Crippen LogP contribution in [0.5, 0.6) is 0 Å². The quantitative estimate of drug-likeness (QED) is 0.794. The maximum atomic E-state index is 13.5. The number of carbonyl (C=O) groups is 3. The number of hydrogen-bond acceptors (Lipinski definition) is 4. The zero-order chi connectivity index (χ0) is 18.1. The van der Waals surface area contributed by atoms with Crippen LogP contribution in [0.25, 0.3) is 0 Å². The van der Waals surface area contributed by atoms with Gasteiger partial charge in [0.2, 0.25) is 5.91 Å². The van der Waals surface area contributed by atoms with Gasteiger partial charge in [0.15, 0.2) is 0 Å². The van der Waals surface area contributed by atoms with Crippen molar-refractivity contribution in [1.82, 2.24) is 15.5 Å². The van der Waals surface area contributed by atoms with Crippen molar-refractivity contribution in [3.8, 4) is 0 Å². The molecule has 1 aromatic rings. The van der Waals surface area contributed by atoms with Gasteiger partial charge >= 0.3 is 12.2 Å². The summed E-state index contributed by atoms with van der Waals surface area (Å²) in [4.78, 5) is 36.3. The molecule has 2 heterocycles. The van der Waals surface area contributed by atoms with Crippen LogP contribution in [-0.2, 0) is 16.1 Å². The Morgan fingerprint density at radius 3 is 2.58 bits per heavy atom. The second-order valence-corrected chi connectivity index (χ2v) is 5.79. The van der Waals surface area contributed by atoms with E-state index >= 15 is 0 Å². The molecule has 7 nitrogen and oxygen atoms in total. The van der Waals surface area contributed by atoms with E-state index in [1.54, 1.807) is 24.5 Å². The molecule has 1 atom stereocenters. The van der Waals surface area contributed by atoms with E-state index in [0.29, 0.717) is 4.90 Å². The zero-order valence-electron chi connectivity index (χ0n) is 12.9. The monoisotopic (exact) mass is 347 g/mol. The summed E-state index contributed by atoms with van der Waals surface area (Å²) >= 11 is 0. The first kappa shape index (κ1) is 17.8. The van der Waals surface area contributed by atoms with Crippen molar-refractivity contribution in [1.29, 1.82) is 0 Å². The minimum atomic E-state index is -5.20. The van der Waals surface area contributed by atoms with Crippen molar-refractivity contribution in [2.75, 3.05) is 0 Å². The van der Waals surface area contributed by atoms with Gasteiger partial charge in [0.05, 0.1) is 12.8 Å². The van der Waals surface area contributed by atoms with E-state index in [2.05, 4.69) is 0 Å². The summed E-state index contributed by atoms with van der Waals surface area (Å²) in [5.41, 5.74) is -3.47. The Morgan fingerprint density at radius 2 is 2.08 bits per heavy atom. The third kappa shape index (κ3) is 3.22. The standard InChI is InChI=1S/C14H16F3N3O4/c1-8(2)6-10(21)18-13(14(15,16)17)11(22)20(12(23)19-13)7-9-4-3-5-24-9/h3-5,8H,6-7H2,1-2H3,(H,18,21)(H,19,23)/t13-/m1/s1. The fourth-order valence-corrected chi connectivity index (χ4v) is 2.26. The minimum absolute atomic E-state index is 0.130. The highest BCUT2D eigenvalue weighted by Crippen LogP contribution is 2.34. The third-order valence-corrected chi connectivity index (χ3v) is 3.35. The van der Waals surface area contributed by atoms with E-state index < -0.39 is 36.2 Å². The van der Waals surface area contributed by atoms with Gasteiger partial charge in [-0.2, -0.15) is 13.2 Å². The molecular weight excluding hydrogens is 331 g/mol. The molecule has 0 spiro atoms. The van der Waals surface area contributed by atoms with Crippen LogP contribution >= 0.6 is 0 Å². The van der Waals surface area contributed by atoms with Gasteiger partial charge in [-0.1, -0.05) is 13.8 Å². The number of alkyl halides is 3. The highest BCUT2D eigenvalue weighted by Gasteiger charge is 2.68. The lowest BCUT2D eigenvalue weighted by Gasteiger charge is -2.30. The molecule has 0 aromatic carbocycles. The summed E-state index contributed by atoms with van der Waals surface area (Å²) in [7, 11) is 0. The molecule has 1 saturated heterocycles. The van der Waals surface area contributed by atoms with Crippen LogP contribution < -0.4 is 10.6 Å².